The number of rotatable bonds is 32. The van der Waals surface area contributed by atoms with E-state index in [1.54, 1.807) is 87.9 Å². The van der Waals surface area contributed by atoms with E-state index in [1.165, 1.54) is 31.9 Å². The lowest BCUT2D eigenvalue weighted by Crippen LogP contribution is -2.17. The van der Waals surface area contributed by atoms with Gasteiger partial charge in [-0.25, -0.2) is 55.6 Å². The molecule has 4 amide bonds. The zero-order valence-electron chi connectivity index (χ0n) is 82.0. The molecular weight excluding hydrogens is 1820 g/mol. The molecule has 0 aromatic carbocycles. The number of nitrogens with one attached hydrogen (secondary N) is 4. The molecule has 0 spiro atoms. The van der Waals surface area contributed by atoms with E-state index in [9.17, 15) is 29.7 Å². The van der Waals surface area contributed by atoms with E-state index < -0.39 is 0 Å². The Bertz CT molecular complexity index is 7430. The molecule has 18 aromatic rings. The molecule has 0 aliphatic heterocycles. The molecule has 42 heteroatoms. The first-order chi connectivity index (χ1) is 69.5. The largest absolute Gasteiger partial charge is 0.384 e. The number of nitriles is 2. The van der Waals surface area contributed by atoms with Crippen molar-refractivity contribution < 1.29 is 38.1 Å². The summed E-state index contributed by atoms with van der Waals surface area (Å²) in [5.74, 6) is 1.77. The standard InChI is InChI=1S/2C20H22N6O.2C16H19N5O2.C15H16N6O.C14H18N6O/c1-14-8-19-20(17(22-13-27)10-24-25(19)11-14)16-9-23-26(12-16)18(6-7-21)15-4-2-3-5-15;1-14-6-7-19-20(17(22-13-27)11-24-26(14)19)16-10-23-25(12-16)18(8-9-21)15-4-2-3-5-15;1-4-23-12(3)20-9-13(6-18-20)16-14(17-10-22)7-19-21-8-11(2)5-15(16)21;1-4-23-12(3)20-9-13(7-18-20)16-14(17-10-22)8-19-21-11(2)5-6-15(16)21;1-4-22-10(2)20-9-11(7-18-20)15-12(17-3)8-19-21-13(15)5-6-14(21)16;1-4-21-10(3)19-8-11(7-16-19)13-12-6-5-9(2)20(12)18-14(15)17-13/h8-13,15,18H,2-6H2,1H3,(H,22,27);6-7,10-13,15,18H,2-5,8H2,1H3,(H,22,27);2*5-10,12H,4H2,1-3H3,(H,17,22);5-10H,4,16H2,1-2H3;5-8,10H,4H2,1-3H3,(H2,15,18). The fourth-order valence-corrected chi connectivity index (χ4v) is 18.5. The van der Waals surface area contributed by atoms with Crippen molar-refractivity contribution >= 4 is 98.9 Å². The van der Waals surface area contributed by atoms with E-state index in [0.717, 1.165) is 154 Å². The van der Waals surface area contributed by atoms with Crippen molar-refractivity contribution in [3.63, 3.8) is 0 Å². The third-order valence-corrected chi connectivity index (χ3v) is 25.3. The number of anilines is 6. The van der Waals surface area contributed by atoms with Gasteiger partial charge in [0.05, 0.1) is 168 Å². The number of hydrogen-bond acceptors (Lipinski definition) is 25. The van der Waals surface area contributed by atoms with Crippen LogP contribution in [0.3, 0.4) is 0 Å². The number of amides is 4. The van der Waals surface area contributed by atoms with Crippen molar-refractivity contribution in [1.82, 2.24) is 121 Å². The summed E-state index contributed by atoms with van der Waals surface area (Å²) in [6.07, 6.45) is 46.7. The number of ether oxygens (including phenoxy) is 4. The van der Waals surface area contributed by atoms with E-state index in [4.69, 9.17) is 37.0 Å². The third-order valence-electron chi connectivity index (χ3n) is 25.3. The van der Waals surface area contributed by atoms with Crippen LogP contribution in [-0.4, -0.2) is 173 Å². The topological polar surface area (TPSA) is 481 Å². The molecule has 18 aromatic heterocycles. The highest BCUT2D eigenvalue weighted by molar-refractivity contribution is 5.97. The van der Waals surface area contributed by atoms with Gasteiger partial charge in [-0.15, -0.1) is 5.10 Å². The lowest BCUT2D eigenvalue weighted by atomic mass is 9.96. The number of hydrogen-bond donors (Lipinski definition) is 6. The van der Waals surface area contributed by atoms with Crippen molar-refractivity contribution in [2.45, 2.75) is 191 Å². The van der Waals surface area contributed by atoms with E-state index in [-0.39, 0.29) is 42.9 Å². The molecule has 2 aliphatic carbocycles. The maximum atomic E-state index is 11.1. The second kappa shape index (κ2) is 46.3. The van der Waals surface area contributed by atoms with Crippen LogP contribution in [0.1, 0.15) is 185 Å². The zero-order chi connectivity index (χ0) is 101. The first kappa shape index (κ1) is 101. The minimum Gasteiger partial charge on any atom is -0.384 e. The minimum atomic E-state index is -0.162. The Morgan fingerprint density at radius 3 is 1.10 bits per heavy atom. The molecule has 20 rings (SSSR count). The highest BCUT2D eigenvalue weighted by Crippen LogP contribution is 2.43. The van der Waals surface area contributed by atoms with Crippen molar-refractivity contribution in [2.24, 2.45) is 11.8 Å². The van der Waals surface area contributed by atoms with Gasteiger partial charge in [-0.2, -0.15) is 66.6 Å². The zero-order valence-corrected chi connectivity index (χ0v) is 82.0. The Labute approximate surface area is 823 Å². The third kappa shape index (κ3) is 22.2. The predicted octanol–water partition coefficient (Wildman–Crippen LogP) is 17.6. The average molecular weight is 1930 g/mol. The molecule has 6 atom stereocenters. The molecule has 0 radical (unpaired) electrons. The molecule has 143 heavy (non-hydrogen) atoms. The van der Waals surface area contributed by atoms with Crippen LogP contribution in [0.5, 0.6) is 0 Å². The van der Waals surface area contributed by atoms with Crippen LogP contribution in [0, 0.1) is 75.7 Å². The normalized spacial score (nSPS) is 13.7. The molecule has 0 saturated heterocycles. The lowest BCUT2D eigenvalue weighted by molar-refractivity contribution is -0.106. The van der Waals surface area contributed by atoms with E-state index in [1.807, 2.05) is 229 Å². The highest BCUT2D eigenvalue weighted by Gasteiger charge is 2.31. The fourth-order valence-electron chi connectivity index (χ4n) is 18.5. The van der Waals surface area contributed by atoms with Crippen LogP contribution in [-0.2, 0) is 38.1 Å². The first-order valence-corrected chi connectivity index (χ1v) is 47.4. The Hall–Kier alpha value is -16.9. The number of aryl methyl sites for hydroxylation is 5. The van der Waals surface area contributed by atoms with Crippen molar-refractivity contribution in [1.29, 1.82) is 10.5 Å². The summed E-state index contributed by atoms with van der Waals surface area (Å²) in [6.45, 7) is 35.4. The van der Waals surface area contributed by atoms with Gasteiger partial charge in [0.2, 0.25) is 37.3 Å². The number of fused-ring (bicyclic) bond motifs is 6. The summed E-state index contributed by atoms with van der Waals surface area (Å²) in [5, 5.41) is 82.0. The quantitative estimate of drug-likeness (QED) is 0.0168. The maximum absolute atomic E-state index is 11.1. The van der Waals surface area contributed by atoms with Crippen LogP contribution >= 0.6 is 0 Å². The van der Waals surface area contributed by atoms with Crippen molar-refractivity contribution in [3.8, 4) is 79.0 Å². The van der Waals surface area contributed by atoms with Gasteiger partial charge < -0.3 is 51.7 Å². The first-order valence-electron chi connectivity index (χ1n) is 47.4. The lowest BCUT2D eigenvalue weighted by Gasteiger charge is -2.21. The number of aromatic nitrogens is 25. The number of carbonyl (C=O) groups is 4. The van der Waals surface area contributed by atoms with Crippen LogP contribution in [0.2, 0.25) is 0 Å². The monoisotopic (exact) mass is 1930 g/mol. The summed E-state index contributed by atoms with van der Waals surface area (Å²) < 4.78 is 43.8. The number of nitrogen functional groups attached to an aromatic ring is 2. The van der Waals surface area contributed by atoms with Gasteiger partial charge >= 0.3 is 0 Å². The average Bonchev–Trinajstić information content (AvgIpc) is 1.67. The fraction of sp³-hybridized carbons (Fsp3) is 0.347. The van der Waals surface area contributed by atoms with Crippen LogP contribution in [0.15, 0.2) is 178 Å². The summed E-state index contributed by atoms with van der Waals surface area (Å²) >= 11 is 0. The van der Waals surface area contributed by atoms with E-state index in [0.29, 0.717) is 111 Å². The molecule has 42 nitrogen and oxygen atoms in total. The van der Waals surface area contributed by atoms with Crippen LogP contribution in [0.25, 0.3) is 105 Å². The molecule has 2 aliphatic rings. The smallest absolute Gasteiger partial charge is 0.238 e. The molecule has 2 fully saturated rings. The van der Waals surface area contributed by atoms with Crippen molar-refractivity contribution in [3.05, 3.63) is 218 Å². The number of nitrogens with zero attached hydrogens (tertiary/aromatic N) is 28. The van der Waals surface area contributed by atoms with Crippen LogP contribution in [0.4, 0.5) is 40.2 Å². The van der Waals surface area contributed by atoms with Crippen LogP contribution < -0.4 is 32.7 Å². The Balaban J connectivity index is 0.000000130. The summed E-state index contributed by atoms with van der Waals surface area (Å²) in [6, 6.07) is 24.5. The number of carbonyl (C=O) groups excluding carboxylic acids is 4. The SMILES string of the molecule is CCOC(C)n1cc(-c2c(NC=O)cnn3c(C)ccc23)cn1.CCOC(C)n1cc(-c2c(NC=O)cnn3cc(C)cc23)cn1.CCOC(C)n1cc(-c2nc(N)nn3c(C)ccc23)cn1.Cc1cc2c(-c3cnn(C(CC#N)C4CCCC4)c3)c(NC=O)cnn2c1.Cc1ccc2c(-c3cnn(C(CC#N)C4CCCC4)c3)c(NC=O)cnn12.[C-]#[N+]c1cnn2c(N)ccc2c1-c1cnn(C(C)OCC)c1. The molecule has 8 N–H and O–H groups in total. The van der Waals surface area contributed by atoms with Crippen molar-refractivity contribution in [2.75, 3.05) is 59.2 Å². The molecule has 6 unspecified atom stereocenters. The molecule has 2 saturated carbocycles. The molecular formula is C101H116N34O8. The second-order valence-corrected chi connectivity index (χ2v) is 34.6. The minimum absolute atomic E-state index is 0.0973. The predicted molar refractivity (Wildman–Crippen MR) is 542 cm³/mol. The van der Waals surface area contributed by atoms with Gasteiger partial charge in [-0.05, 0) is 199 Å². The Morgan fingerprint density at radius 1 is 0.399 bits per heavy atom. The van der Waals surface area contributed by atoms with Gasteiger partial charge in [-0.1, -0.05) is 25.7 Å². The number of nitrogens with two attached hydrogens (primary N) is 2. The Kier molecular flexibility index (Phi) is 32.5. The van der Waals surface area contributed by atoms with Gasteiger partial charge in [0.15, 0.2) is 0 Å². The maximum Gasteiger partial charge on any atom is 0.238 e. The molecule has 18 heterocycles. The Morgan fingerprint density at radius 2 is 0.720 bits per heavy atom. The highest BCUT2D eigenvalue weighted by atomic mass is 16.5. The molecule has 0 bridgehead atoms. The van der Waals surface area contributed by atoms with E-state index >= 15 is 0 Å². The second-order valence-electron chi connectivity index (χ2n) is 34.6. The van der Waals surface area contributed by atoms with E-state index in [2.05, 4.69) is 104 Å². The van der Waals surface area contributed by atoms with Gasteiger partial charge in [0.1, 0.15) is 36.4 Å². The van der Waals surface area contributed by atoms with Gasteiger partial charge in [0.25, 0.3) is 0 Å². The summed E-state index contributed by atoms with van der Waals surface area (Å²) in [4.78, 5) is 51.9. The summed E-state index contributed by atoms with van der Waals surface area (Å²) in [5.41, 5.74) is 35.8. The molecule has 738 valence electrons. The summed E-state index contributed by atoms with van der Waals surface area (Å²) in [7, 11) is 0. The van der Waals surface area contributed by atoms with Gasteiger partial charge in [0, 0.05) is 154 Å². The van der Waals surface area contributed by atoms with Gasteiger partial charge in [-0.3, -0.25) is 28.5 Å².